The van der Waals surface area contributed by atoms with E-state index in [1.54, 1.807) is 6.07 Å². The Morgan fingerprint density at radius 3 is 2.37 bits per heavy atom. The molecule has 0 spiro atoms. The molecule has 3 aromatic carbocycles. The molecule has 1 aromatic heterocycles. The number of carboxylic acid groups (broad SMARTS) is 1. The first-order chi connectivity index (χ1) is 22.1. The van der Waals surface area contributed by atoms with E-state index in [2.05, 4.69) is 45.6 Å². The maximum Gasteiger partial charge on any atom is 0.335 e. The van der Waals surface area contributed by atoms with E-state index in [9.17, 15) is 23.9 Å². The Morgan fingerprint density at radius 2 is 1.67 bits per heavy atom. The van der Waals surface area contributed by atoms with Gasteiger partial charge < -0.3 is 25.1 Å². The molecular weight excluding hydrogens is 613 g/mol. The molecule has 46 heavy (non-hydrogen) atoms. The maximum atomic E-state index is 14.7. The van der Waals surface area contributed by atoms with Gasteiger partial charge in [0.1, 0.15) is 11.7 Å². The molecule has 2 N–H and O–H groups in total. The SMILES string of the molecule is CN(C)C1CCN(c2cccc3c2CCN(C(=O)c2cn(-c4cccc(Cl)c4F)nn2)C3C(=O)Nc2ccc(C(=O)O)cc2)CC1. The number of carbonyl (C=O) groups excluding carboxylic acids is 2. The average Bonchev–Trinajstić information content (AvgIpc) is 3.55. The van der Waals surface area contributed by atoms with Crippen LogP contribution in [-0.4, -0.2) is 87.5 Å². The zero-order valence-electron chi connectivity index (χ0n) is 25.4. The molecule has 3 heterocycles. The second kappa shape index (κ2) is 12.9. The van der Waals surface area contributed by atoms with Gasteiger partial charge in [0.2, 0.25) is 0 Å². The second-order valence-electron chi connectivity index (χ2n) is 11.7. The number of aromatic nitrogens is 3. The fraction of sp³-hybridized carbons (Fsp3) is 0.303. The number of piperidine rings is 1. The molecule has 1 saturated heterocycles. The summed E-state index contributed by atoms with van der Waals surface area (Å²) in [5.74, 6) is -2.79. The summed E-state index contributed by atoms with van der Waals surface area (Å²) in [5.41, 5.74) is 3.19. The van der Waals surface area contributed by atoms with E-state index in [-0.39, 0.29) is 28.5 Å². The minimum atomic E-state index is -1.08. The van der Waals surface area contributed by atoms with Crippen LogP contribution in [0, 0.1) is 5.82 Å². The summed E-state index contributed by atoms with van der Waals surface area (Å²) in [6.45, 7) is 1.97. The van der Waals surface area contributed by atoms with Crippen molar-refractivity contribution in [3.63, 3.8) is 0 Å². The Balaban J connectivity index is 1.34. The van der Waals surface area contributed by atoms with Gasteiger partial charge in [0.25, 0.3) is 11.8 Å². The highest BCUT2D eigenvalue weighted by Gasteiger charge is 2.39. The number of aromatic carboxylic acids is 1. The molecule has 2 amide bonds. The summed E-state index contributed by atoms with van der Waals surface area (Å²) in [6.07, 6.45) is 3.86. The van der Waals surface area contributed by atoms with Gasteiger partial charge in [-0.1, -0.05) is 35.0 Å². The standard InChI is InChI=1S/C33H33ClFN7O4/c1-39(2)22-13-16-40(17-14-22)27-7-3-5-24-23(27)15-18-41(30(24)31(43)36-21-11-9-20(10-12-21)33(45)46)32(44)26-19-42(38-37-26)28-8-4-6-25(34)29(28)35/h3-12,19,22,30H,13-18H2,1-2H3,(H,36,43)(H,45,46). The molecule has 13 heteroatoms. The van der Waals surface area contributed by atoms with Gasteiger partial charge in [0, 0.05) is 37.1 Å². The number of anilines is 2. The van der Waals surface area contributed by atoms with Crippen LogP contribution in [0.15, 0.2) is 66.9 Å². The summed E-state index contributed by atoms with van der Waals surface area (Å²) in [7, 11) is 4.19. The van der Waals surface area contributed by atoms with Gasteiger partial charge in [-0.3, -0.25) is 9.59 Å². The monoisotopic (exact) mass is 645 g/mol. The number of amides is 2. The van der Waals surface area contributed by atoms with E-state index in [4.69, 9.17) is 11.6 Å². The molecule has 1 unspecified atom stereocenters. The van der Waals surface area contributed by atoms with Crippen molar-refractivity contribution in [3.8, 4) is 5.69 Å². The molecular formula is C33H33ClFN7O4. The number of hydrogen-bond acceptors (Lipinski definition) is 7. The van der Waals surface area contributed by atoms with Crippen molar-refractivity contribution < 1.29 is 23.9 Å². The van der Waals surface area contributed by atoms with E-state index in [1.807, 2.05) is 12.1 Å². The number of carbonyl (C=O) groups is 3. The number of fused-ring (bicyclic) bond motifs is 1. The fourth-order valence-electron chi connectivity index (χ4n) is 6.27. The van der Waals surface area contributed by atoms with E-state index in [1.165, 1.54) is 47.5 Å². The second-order valence-corrected chi connectivity index (χ2v) is 12.1. The highest BCUT2D eigenvalue weighted by molar-refractivity contribution is 6.30. The van der Waals surface area contributed by atoms with Crippen LogP contribution < -0.4 is 10.2 Å². The third kappa shape index (κ3) is 6.05. The van der Waals surface area contributed by atoms with Crippen LogP contribution in [0.3, 0.4) is 0 Å². The molecule has 1 atom stereocenters. The Kier molecular flexibility index (Phi) is 8.74. The molecule has 0 aliphatic carbocycles. The highest BCUT2D eigenvalue weighted by Crippen LogP contribution is 2.38. The van der Waals surface area contributed by atoms with Crippen LogP contribution in [0.2, 0.25) is 5.02 Å². The van der Waals surface area contributed by atoms with Gasteiger partial charge in [0.05, 0.1) is 16.8 Å². The van der Waals surface area contributed by atoms with Gasteiger partial charge in [-0.15, -0.1) is 5.10 Å². The Labute approximate surface area is 270 Å². The summed E-state index contributed by atoms with van der Waals surface area (Å²) < 4.78 is 15.8. The van der Waals surface area contributed by atoms with Gasteiger partial charge >= 0.3 is 5.97 Å². The summed E-state index contributed by atoms with van der Waals surface area (Å²) in [5, 5.41) is 20.0. The molecule has 0 saturated carbocycles. The van der Waals surface area contributed by atoms with Crippen molar-refractivity contribution in [1.29, 1.82) is 0 Å². The van der Waals surface area contributed by atoms with Crippen molar-refractivity contribution in [2.45, 2.75) is 31.3 Å². The number of nitrogens with zero attached hydrogens (tertiary/aromatic N) is 6. The van der Waals surface area contributed by atoms with E-state index in [0.717, 1.165) is 41.9 Å². The predicted octanol–water partition coefficient (Wildman–Crippen LogP) is 4.67. The number of rotatable bonds is 7. The number of nitrogens with one attached hydrogen (secondary N) is 1. The largest absolute Gasteiger partial charge is 0.478 e. The number of benzene rings is 3. The molecule has 0 radical (unpaired) electrons. The zero-order chi connectivity index (χ0) is 32.5. The van der Waals surface area contributed by atoms with Crippen LogP contribution in [0.4, 0.5) is 15.8 Å². The Hall–Kier alpha value is -4.81. The molecule has 4 aromatic rings. The lowest BCUT2D eigenvalue weighted by molar-refractivity contribution is -0.121. The summed E-state index contributed by atoms with van der Waals surface area (Å²) >= 11 is 5.95. The lowest BCUT2D eigenvalue weighted by atomic mass is 9.89. The van der Waals surface area contributed by atoms with Crippen LogP contribution in [0.5, 0.6) is 0 Å². The lowest BCUT2D eigenvalue weighted by Crippen LogP contribution is -2.46. The van der Waals surface area contributed by atoms with Crippen LogP contribution >= 0.6 is 11.6 Å². The highest BCUT2D eigenvalue weighted by atomic mass is 35.5. The van der Waals surface area contributed by atoms with Crippen molar-refractivity contribution in [1.82, 2.24) is 24.8 Å². The van der Waals surface area contributed by atoms with Crippen LogP contribution in [0.1, 0.15) is 50.9 Å². The number of halogens is 2. The topological polar surface area (TPSA) is 124 Å². The summed E-state index contributed by atoms with van der Waals surface area (Å²) in [4.78, 5) is 45.5. The quantitative estimate of drug-likeness (QED) is 0.297. The van der Waals surface area contributed by atoms with Gasteiger partial charge in [0.15, 0.2) is 11.5 Å². The normalized spacial score (nSPS) is 16.8. The van der Waals surface area contributed by atoms with Crippen molar-refractivity contribution in [2.75, 3.05) is 43.9 Å². The van der Waals surface area contributed by atoms with Crippen molar-refractivity contribution >= 4 is 40.8 Å². The zero-order valence-corrected chi connectivity index (χ0v) is 26.1. The first kappa shape index (κ1) is 31.2. The van der Waals surface area contributed by atoms with Gasteiger partial charge in [-0.2, -0.15) is 0 Å². The van der Waals surface area contributed by atoms with E-state index >= 15 is 0 Å². The van der Waals surface area contributed by atoms with Crippen molar-refractivity contribution in [3.05, 3.63) is 100 Å². The first-order valence-corrected chi connectivity index (χ1v) is 15.3. The van der Waals surface area contributed by atoms with Gasteiger partial charge in [-0.05, 0) is 86.9 Å². The van der Waals surface area contributed by atoms with E-state index in [0.29, 0.717) is 23.7 Å². The minimum Gasteiger partial charge on any atom is -0.478 e. The smallest absolute Gasteiger partial charge is 0.335 e. The summed E-state index contributed by atoms with van der Waals surface area (Å²) in [6, 6.07) is 15.6. The molecule has 2 aliphatic rings. The van der Waals surface area contributed by atoms with E-state index < -0.39 is 29.6 Å². The third-order valence-corrected chi connectivity index (χ3v) is 9.02. The lowest BCUT2D eigenvalue weighted by Gasteiger charge is -2.41. The Bertz CT molecular complexity index is 1790. The van der Waals surface area contributed by atoms with Crippen LogP contribution in [0.25, 0.3) is 5.69 Å². The Morgan fingerprint density at radius 1 is 0.978 bits per heavy atom. The van der Waals surface area contributed by atoms with Crippen molar-refractivity contribution in [2.24, 2.45) is 0 Å². The maximum absolute atomic E-state index is 14.7. The molecule has 2 aliphatic heterocycles. The predicted molar refractivity (Wildman–Crippen MR) is 171 cm³/mol. The minimum absolute atomic E-state index is 0.0322. The molecule has 1 fully saturated rings. The number of hydrogen-bond donors (Lipinski definition) is 2. The first-order valence-electron chi connectivity index (χ1n) is 15.0. The molecule has 238 valence electrons. The number of carboxylic acids is 1. The fourth-order valence-corrected chi connectivity index (χ4v) is 6.44. The molecule has 6 rings (SSSR count). The van der Waals surface area contributed by atoms with Gasteiger partial charge in [-0.25, -0.2) is 13.9 Å². The molecule has 11 nitrogen and oxygen atoms in total. The third-order valence-electron chi connectivity index (χ3n) is 8.73. The average molecular weight is 646 g/mol. The molecule has 0 bridgehead atoms. The van der Waals surface area contributed by atoms with Crippen LogP contribution in [-0.2, 0) is 11.2 Å².